The van der Waals surface area contributed by atoms with Gasteiger partial charge >= 0.3 is 0 Å². The van der Waals surface area contributed by atoms with Gasteiger partial charge in [-0.3, -0.25) is 4.79 Å². The summed E-state index contributed by atoms with van der Waals surface area (Å²) in [7, 11) is 0. The van der Waals surface area contributed by atoms with Crippen LogP contribution in [0.15, 0.2) is 108 Å². The molecule has 7 nitrogen and oxygen atoms in total. The van der Waals surface area contributed by atoms with Crippen molar-refractivity contribution in [2.24, 2.45) is 5.10 Å². The van der Waals surface area contributed by atoms with Gasteiger partial charge in [-0.15, -0.1) is 0 Å². The molecule has 0 saturated carbocycles. The van der Waals surface area contributed by atoms with Crippen LogP contribution in [0.1, 0.15) is 40.9 Å². The first kappa shape index (κ1) is 30.4. The second-order valence-electron chi connectivity index (χ2n) is 9.76. The van der Waals surface area contributed by atoms with E-state index in [1.807, 2.05) is 68.4 Å². The van der Waals surface area contributed by atoms with Crippen LogP contribution >= 0.6 is 11.6 Å². The van der Waals surface area contributed by atoms with E-state index in [2.05, 4.69) is 28.7 Å². The van der Waals surface area contributed by atoms with Gasteiger partial charge in [0.15, 0.2) is 23.0 Å². The molecule has 0 aliphatic heterocycles. The zero-order valence-electron chi connectivity index (χ0n) is 24.6. The predicted octanol–water partition coefficient (Wildman–Crippen LogP) is 8.21. The Labute approximate surface area is 262 Å². The molecule has 5 rings (SSSR count). The summed E-state index contributed by atoms with van der Waals surface area (Å²) in [6.45, 7) is 5.32. The van der Waals surface area contributed by atoms with Gasteiger partial charge in [-0.1, -0.05) is 84.4 Å². The highest BCUT2D eigenvalue weighted by molar-refractivity contribution is 6.32. The number of hydrazone groups is 1. The zero-order chi connectivity index (χ0) is 30.7. The summed E-state index contributed by atoms with van der Waals surface area (Å²) >= 11 is 6.64. The van der Waals surface area contributed by atoms with Crippen molar-refractivity contribution in [1.29, 1.82) is 0 Å². The number of nitrogens with zero attached hydrogens (tertiary/aromatic N) is 1. The van der Waals surface area contributed by atoms with Gasteiger partial charge in [0.2, 0.25) is 0 Å². The van der Waals surface area contributed by atoms with Gasteiger partial charge in [-0.25, -0.2) is 5.43 Å². The van der Waals surface area contributed by atoms with Crippen LogP contribution in [0.5, 0.6) is 23.0 Å². The zero-order valence-corrected chi connectivity index (χ0v) is 25.3. The third-order valence-electron chi connectivity index (χ3n) is 6.71. The Kier molecular flexibility index (Phi) is 10.3. The SMILES string of the molecule is CCOc1cc(C(=O)N/N=C/c2cc(Cl)c(OCc3cccc4ccccc34)c(OCC)c2)ccc1OCc1ccccc1. The van der Waals surface area contributed by atoms with Crippen molar-refractivity contribution in [2.45, 2.75) is 27.1 Å². The Balaban J connectivity index is 1.26. The first-order valence-electron chi connectivity index (χ1n) is 14.4. The lowest BCUT2D eigenvalue weighted by molar-refractivity contribution is 0.0954. The third-order valence-corrected chi connectivity index (χ3v) is 6.99. The molecule has 224 valence electrons. The minimum atomic E-state index is -0.400. The number of rotatable bonds is 13. The van der Waals surface area contributed by atoms with E-state index < -0.39 is 5.91 Å². The average molecular weight is 609 g/mol. The number of amides is 1. The number of nitrogens with one attached hydrogen (secondary N) is 1. The molecule has 0 atom stereocenters. The van der Waals surface area contributed by atoms with Gasteiger partial charge in [0.1, 0.15) is 13.2 Å². The van der Waals surface area contributed by atoms with Gasteiger partial charge in [0.05, 0.1) is 24.5 Å². The summed E-state index contributed by atoms with van der Waals surface area (Å²) in [5.41, 5.74) is 5.65. The van der Waals surface area contributed by atoms with Crippen molar-refractivity contribution in [3.05, 3.63) is 130 Å². The van der Waals surface area contributed by atoms with Gasteiger partial charge in [0.25, 0.3) is 5.91 Å². The van der Waals surface area contributed by atoms with Crippen LogP contribution in [0.3, 0.4) is 0 Å². The van der Waals surface area contributed by atoms with Gasteiger partial charge in [-0.05, 0) is 71.6 Å². The lowest BCUT2D eigenvalue weighted by atomic mass is 10.1. The number of ether oxygens (including phenoxy) is 4. The largest absolute Gasteiger partial charge is 0.490 e. The minimum absolute atomic E-state index is 0.324. The van der Waals surface area contributed by atoms with E-state index in [1.165, 1.54) is 6.21 Å². The molecule has 44 heavy (non-hydrogen) atoms. The number of carbonyl (C=O) groups is 1. The summed E-state index contributed by atoms with van der Waals surface area (Å²) in [4.78, 5) is 12.9. The molecule has 0 bridgehead atoms. The summed E-state index contributed by atoms with van der Waals surface area (Å²) in [6, 6.07) is 32.6. The van der Waals surface area contributed by atoms with E-state index in [4.69, 9.17) is 30.5 Å². The minimum Gasteiger partial charge on any atom is -0.490 e. The van der Waals surface area contributed by atoms with Crippen LogP contribution in [0.4, 0.5) is 0 Å². The molecular weight excluding hydrogens is 576 g/mol. The number of benzene rings is 5. The fourth-order valence-corrected chi connectivity index (χ4v) is 4.91. The van der Waals surface area contributed by atoms with Crippen molar-refractivity contribution >= 4 is 34.5 Å². The van der Waals surface area contributed by atoms with Crippen molar-refractivity contribution in [2.75, 3.05) is 13.2 Å². The Morgan fingerprint density at radius 3 is 2.32 bits per heavy atom. The highest BCUT2D eigenvalue weighted by Gasteiger charge is 2.15. The van der Waals surface area contributed by atoms with Crippen molar-refractivity contribution in [3.63, 3.8) is 0 Å². The highest BCUT2D eigenvalue weighted by atomic mass is 35.5. The number of carbonyl (C=O) groups excluding carboxylic acids is 1. The van der Waals surface area contributed by atoms with Crippen LogP contribution in [-0.4, -0.2) is 25.3 Å². The summed E-state index contributed by atoms with van der Waals surface area (Å²) in [5.74, 6) is 1.56. The van der Waals surface area contributed by atoms with Crippen LogP contribution in [0, 0.1) is 0 Å². The first-order chi connectivity index (χ1) is 21.6. The maximum atomic E-state index is 12.9. The highest BCUT2D eigenvalue weighted by Crippen LogP contribution is 2.37. The molecule has 0 aromatic heterocycles. The number of hydrogen-bond donors (Lipinski definition) is 1. The Morgan fingerprint density at radius 1 is 0.750 bits per heavy atom. The molecule has 1 N–H and O–H groups in total. The molecule has 8 heteroatoms. The fourth-order valence-electron chi connectivity index (χ4n) is 4.64. The van der Waals surface area contributed by atoms with E-state index in [0.717, 1.165) is 21.9 Å². The molecule has 5 aromatic rings. The topological polar surface area (TPSA) is 78.4 Å². The van der Waals surface area contributed by atoms with Crippen molar-refractivity contribution in [3.8, 4) is 23.0 Å². The normalized spacial score (nSPS) is 11.0. The first-order valence-corrected chi connectivity index (χ1v) is 14.8. The molecule has 0 heterocycles. The maximum absolute atomic E-state index is 12.9. The van der Waals surface area contributed by atoms with Gasteiger partial charge < -0.3 is 18.9 Å². The molecule has 0 aliphatic rings. The number of hydrogen-bond acceptors (Lipinski definition) is 6. The second-order valence-corrected chi connectivity index (χ2v) is 10.2. The van der Waals surface area contributed by atoms with Gasteiger partial charge in [-0.2, -0.15) is 5.10 Å². The summed E-state index contributed by atoms with van der Waals surface area (Å²) in [6.07, 6.45) is 1.50. The molecule has 0 spiro atoms. The number of fused-ring (bicyclic) bond motifs is 1. The third kappa shape index (κ3) is 7.68. The molecule has 0 aliphatic carbocycles. The average Bonchev–Trinajstić information content (AvgIpc) is 3.04. The Bertz CT molecular complexity index is 1750. The van der Waals surface area contributed by atoms with Crippen LogP contribution in [-0.2, 0) is 13.2 Å². The van der Waals surface area contributed by atoms with Crippen LogP contribution in [0.2, 0.25) is 5.02 Å². The van der Waals surface area contributed by atoms with Crippen LogP contribution < -0.4 is 24.4 Å². The Hall–Kier alpha value is -5.01. The summed E-state index contributed by atoms with van der Waals surface area (Å²) in [5, 5.41) is 6.77. The molecule has 0 saturated heterocycles. The summed E-state index contributed by atoms with van der Waals surface area (Å²) < 4.78 is 23.7. The Morgan fingerprint density at radius 2 is 1.50 bits per heavy atom. The van der Waals surface area contributed by atoms with E-state index in [-0.39, 0.29) is 0 Å². The predicted molar refractivity (Wildman–Crippen MR) is 174 cm³/mol. The van der Waals surface area contributed by atoms with Crippen molar-refractivity contribution in [1.82, 2.24) is 5.43 Å². The standard InChI is InChI=1S/C36H33ClN2O5/c1-3-41-33-21-28(17-18-32(33)43-23-25-11-6-5-7-12-25)36(40)39-38-22-26-19-31(37)35(34(20-26)42-4-2)44-24-29-15-10-14-27-13-8-9-16-30(27)29/h5-22H,3-4,23-24H2,1-2H3,(H,39,40)/b38-22+. The molecule has 5 aromatic carbocycles. The number of halogens is 1. The smallest absolute Gasteiger partial charge is 0.271 e. The molecule has 0 unspecified atom stereocenters. The van der Waals surface area contributed by atoms with E-state index in [9.17, 15) is 4.79 Å². The molecule has 1 amide bonds. The maximum Gasteiger partial charge on any atom is 0.271 e. The quantitative estimate of drug-likeness (QED) is 0.108. The van der Waals surface area contributed by atoms with Crippen molar-refractivity contribution < 1.29 is 23.7 Å². The second kappa shape index (κ2) is 14.9. The lowest BCUT2D eigenvalue weighted by Gasteiger charge is -2.15. The van der Waals surface area contributed by atoms with E-state index in [1.54, 1.807) is 30.3 Å². The lowest BCUT2D eigenvalue weighted by Crippen LogP contribution is -2.17. The fraction of sp³-hybridized carbons (Fsp3) is 0.167. The monoisotopic (exact) mass is 608 g/mol. The molecular formula is C36H33ClN2O5. The van der Waals surface area contributed by atoms with Crippen LogP contribution in [0.25, 0.3) is 10.8 Å². The molecule has 0 fully saturated rings. The van der Waals surface area contributed by atoms with E-state index in [0.29, 0.717) is 65.6 Å². The van der Waals surface area contributed by atoms with E-state index >= 15 is 0 Å². The van der Waals surface area contributed by atoms with Gasteiger partial charge in [0, 0.05) is 5.56 Å². The molecule has 0 radical (unpaired) electrons.